The average molecular weight is 853 g/mol. The molecule has 0 amide bonds. The van der Waals surface area contributed by atoms with Crippen LogP contribution < -0.4 is 0 Å². The standard InChI is InChI=1S/3C13H15Cl2N3/c3*1-2-3-10(7-18-9-16-8-17-18)12-5-4-11(14)6-13(12)15/h3*4-6,8-10H,2-3,7H2,1H3. The molecule has 0 saturated carbocycles. The van der Waals surface area contributed by atoms with E-state index in [1.54, 1.807) is 56.2 Å². The SMILES string of the molecule is CCCC(Cn1cncn1)c1ccc(Cl)cc1Cl.CCCC(Cn1cncn1)c1ccc(Cl)cc1Cl.CCCC(Cn1cncn1)c1ccc(Cl)cc1Cl. The van der Waals surface area contributed by atoms with Crippen molar-refractivity contribution in [1.29, 1.82) is 0 Å². The summed E-state index contributed by atoms with van der Waals surface area (Å²) in [5, 5.41) is 16.6. The number of hydrogen-bond donors (Lipinski definition) is 0. The van der Waals surface area contributed by atoms with Crippen LogP contribution >= 0.6 is 69.6 Å². The number of halogens is 6. The topological polar surface area (TPSA) is 92.1 Å². The summed E-state index contributed by atoms with van der Waals surface area (Å²) in [6.45, 7) is 8.86. The molecule has 0 radical (unpaired) electrons. The highest BCUT2D eigenvalue weighted by atomic mass is 35.5. The zero-order chi connectivity index (χ0) is 38.9. The lowest BCUT2D eigenvalue weighted by atomic mass is 9.94. The van der Waals surface area contributed by atoms with Crippen LogP contribution in [-0.2, 0) is 19.6 Å². The fourth-order valence-electron chi connectivity index (χ4n) is 6.24. The van der Waals surface area contributed by atoms with Crippen LogP contribution in [0.1, 0.15) is 93.7 Å². The fraction of sp³-hybridized carbons (Fsp3) is 0.385. The summed E-state index contributed by atoms with van der Waals surface area (Å²) in [5.74, 6) is 1.00. The predicted octanol–water partition coefficient (Wildman–Crippen LogP) is 12.5. The number of benzene rings is 3. The number of nitrogens with zero attached hydrogens (tertiary/aromatic N) is 9. The van der Waals surface area contributed by atoms with E-state index >= 15 is 0 Å². The molecule has 0 aliphatic rings. The molecule has 0 fully saturated rings. The summed E-state index contributed by atoms with van der Waals surface area (Å²) in [6.07, 6.45) is 16.3. The molecule has 3 aromatic carbocycles. The second kappa shape index (κ2) is 23.0. The van der Waals surface area contributed by atoms with Crippen molar-refractivity contribution in [3.05, 3.63) is 139 Å². The highest BCUT2D eigenvalue weighted by molar-refractivity contribution is 6.36. The van der Waals surface area contributed by atoms with Gasteiger partial charge >= 0.3 is 0 Å². The van der Waals surface area contributed by atoms with Gasteiger partial charge in [-0.1, -0.05) is 128 Å². The minimum atomic E-state index is 0.335. The van der Waals surface area contributed by atoms with E-state index < -0.39 is 0 Å². The summed E-state index contributed by atoms with van der Waals surface area (Å²) >= 11 is 36.6. The molecule has 6 rings (SSSR count). The maximum absolute atomic E-state index is 6.27. The zero-order valence-electron chi connectivity index (χ0n) is 30.5. The molecule has 9 nitrogen and oxygen atoms in total. The monoisotopic (exact) mass is 849 g/mol. The second-order valence-electron chi connectivity index (χ2n) is 12.8. The maximum atomic E-state index is 6.27. The van der Waals surface area contributed by atoms with E-state index in [9.17, 15) is 0 Å². The van der Waals surface area contributed by atoms with Crippen molar-refractivity contribution in [3.8, 4) is 0 Å². The molecule has 0 aliphatic carbocycles. The van der Waals surface area contributed by atoms with Gasteiger partial charge in [-0.2, -0.15) is 15.3 Å². The van der Waals surface area contributed by atoms with Crippen LogP contribution in [0.25, 0.3) is 0 Å². The first-order valence-corrected chi connectivity index (χ1v) is 20.2. The zero-order valence-corrected chi connectivity index (χ0v) is 35.1. The Kier molecular flexibility index (Phi) is 18.6. The molecule has 3 aromatic heterocycles. The molecule has 288 valence electrons. The average Bonchev–Trinajstić information content (AvgIpc) is 3.95. The van der Waals surface area contributed by atoms with Gasteiger partial charge in [0, 0.05) is 67.5 Å². The molecule has 54 heavy (non-hydrogen) atoms. The molecular formula is C39H45Cl6N9. The molecule has 6 aromatic rings. The molecule has 0 aliphatic heterocycles. The van der Waals surface area contributed by atoms with Crippen LogP contribution in [0.5, 0.6) is 0 Å². The van der Waals surface area contributed by atoms with Gasteiger partial charge in [-0.25, -0.2) is 15.0 Å². The first-order valence-electron chi connectivity index (χ1n) is 17.9. The van der Waals surface area contributed by atoms with E-state index in [2.05, 4.69) is 51.0 Å². The normalized spacial score (nSPS) is 12.6. The third-order valence-electron chi connectivity index (χ3n) is 8.74. The van der Waals surface area contributed by atoms with E-state index in [1.165, 1.54) is 0 Å². The molecule has 3 unspecified atom stereocenters. The molecule has 15 heteroatoms. The van der Waals surface area contributed by atoms with Gasteiger partial charge in [-0.3, -0.25) is 14.0 Å². The minimum Gasteiger partial charge on any atom is -0.252 e. The van der Waals surface area contributed by atoms with E-state index in [0.29, 0.717) is 32.8 Å². The van der Waals surface area contributed by atoms with Crippen molar-refractivity contribution in [1.82, 2.24) is 44.3 Å². The molecule has 3 atom stereocenters. The van der Waals surface area contributed by atoms with Crippen LogP contribution in [0.4, 0.5) is 0 Å². The first kappa shape index (κ1) is 43.5. The molecule has 0 spiro atoms. The van der Waals surface area contributed by atoms with Crippen molar-refractivity contribution >= 4 is 69.6 Å². The van der Waals surface area contributed by atoms with Crippen molar-refractivity contribution in [2.75, 3.05) is 0 Å². The summed E-state index contributed by atoms with van der Waals surface area (Å²) < 4.78 is 5.52. The van der Waals surface area contributed by atoms with E-state index in [1.807, 2.05) is 50.4 Å². The molecule has 0 bridgehead atoms. The van der Waals surface area contributed by atoms with Crippen molar-refractivity contribution in [2.45, 2.75) is 96.7 Å². The highest BCUT2D eigenvalue weighted by Crippen LogP contribution is 2.34. The Morgan fingerprint density at radius 3 is 0.926 bits per heavy atom. The Morgan fingerprint density at radius 2 is 0.722 bits per heavy atom. The van der Waals surface area contributed by atoms with Gasteiger partial charge in [0.05, 0.1) is 0 Å². The second-order valence-corrected chi connectivity index (χ2v) is 15.3. The summed E-state index contributed by atoms with van der Waals surface area (Å²) in [6, 6.07) is 17.0. The number of hydrogen-bond acceptors (Lipinski definition) is 6. The van der Waals surface area contributed by atoms with Gasteiger partial charge in [0.25, 0.3) is 0 Å². The van der Waals surface area contributed by atoms with Crippen LogP contribution in [0.3, 0.4) is 0 Å². The molecule has 0 N–H and O–H groups in total. The molecular weight excluding hydrogens is 807 g/mol. The van der Waals surface area contributed by atoms with Gasteiger partial charge < -0.3 is 0 Å². The number of aromatic nitrogens is 9. The van der Waals surface area contributed by atoms with Gasteiger partial charge in [-0.05, 0) is 72.4 Å². The van der Waals surface area contributed by atoms with Crippen molar-refractivity contribution in [2.24, 2.45) is 0 Å². The Bertz CT molecular complexity index is 1710. The van der Waals surface area contributed by atoms with E-state index in [4.69, 9.17) is 69.6 Å². The first-order chi connectivity index (χ1) is 26.1. The Hall–Kier alpha value is -3.18. The third kappa shape index (κ3) is 13.8. The van der Waals surface area contributed by atoms with Gasteiger partial charge in [0.15, 0.2) is 0 Å². The van der Waals surface area contributed by atoms with Crippen molar-refractivity contribution in [3.63, 3.8) is 0 Å². The summed E-state index contributed by atoms with van der Waals surface area (Å²) in [4.78, 5) is 11.9. The van der Waals surface area contributed by atoms with Gasteiger partial charge in [0.1, 0.15) is 38.0 Å². The van der Waals surface area contributed by atoms with E-state index in [-0.39, 0.29) is 0 Å². The quantitative estimate of drug-likeness (QED) is 0.102. The number of rotatable bonds is 15. The lowest BCUT2D eigenvalue weighted by Gasteiger charge is -2.18. The summed E-state index contributed by atoms with van der Waals surface area (Å²) in [7, 11) is 0. The lowest BCUT2D eigenvalue weighted by molar-refractivity contribution is 0.484. The smallest absolute Gasteiger partial charge is 0.137 e. The Morgan fingerprint density at radius 1 is 0.444 bits per heavy atom. The van der Waals surface area contributed by atoms with E-state index in [0.717, 1.165) is 89.9 Å². The van der Waals surface area contributed by atoms with Crippen LogP contribution in [-0.4, -0.2) is 44.3 Å². The fourth-order valence-corrected chi connectivity index (χ4v) is 7.93. The molecule has 3 heterocycles. The maximum Gasteiger partial charge on any atom is 0.137 e. The van der Waals surface area contributed by atoms with Crippen molar-refractivity contribution < 1.29 is 0 Å². The van der Waals surface area contributed by atoms with Crippen LogP contribution in [0.2, 0.25) is 30.1 Å². The van der Waals surface area contributed by atoms with Gasteiger partial charge in [0.2, 0.25) is 0 Å². The Labute approximate surface area is 348 Å². The highest BCUT2D eigenvalue weighted by Gasteiger charge is 2.18. The Balaban J connectivity index is 0.000000180. The largest absolute Gasteiger partial charge is 0.252 e. The van der Waals surface area contributed by atoms with Crippen LogP contribution in [0.15, 0.2) is 92.6 Å². The third-order valence-corrected chi connectivity index (χ3v) is 10.4. The summed E-state index contributed by atoms with van der Waals surface area (Å²) in [5.41, 5.74) is 3.37. The predicted molar refractivity (Wildman–Crippen MR) is 222 cm³/mol. The molecule has 0 saturated heterocycles. The van der Waals surface area contributed by atoms with Crippen LogP contribution in [0, 0.1) is 0 Å². The van der Waals surface area contributed by atoms with Gasteiger partial charge in [-0.15, -0.1) is 0 Å². The lowest BCUT2D eigenvalue weighted by Crippen LogP contribution is -2.10. The minimum absolute atomic E-state index is 0.335.